The van der Waals surface area contributed by atoms with E-state index >= 15 is 0 Å². The van der Waals surface area contributed by atoms with Crippen LogP contribution in [0.3, 0.4) is 0 Å². The van der Waals surface area contributed by atoms with Crippen LogP contribution in [0.25, 0.3) is 10.7 Å². The quantitative estimate of drug-likeness (QED) is 0.898. The Labute approximate surface area is 108 Å². The van der Waals surface area contributed by atoms with Crippen LogP contribution in [0.5, 0.6) is 0 Å². The van der Waals surface area contributed by atoms with Gasteiger partial charge in [0.15, 0.2) is 0 Å². The molecule has 0 aromatic carbocycles. The maximum Gasteiger partial charge on any atom is 0.234 e. The zero-order valence-corrected chi connectivity index (χ0v) is 10.8. The number of hydrogen-bond donors (Lipinski definition) is 1. The van der Waals surface area contributed by atoms with Crippen LogP contribution in [0.15, 0.2) is 16.2 Å². The molecule has 3 heterocycles. The lowest BCUT2D eigenvalue weighted by Gasteiger charge is -2.13. The highest BCUT2D eigenvalue weighted by molar-refractivity contribution is 7.13. The number of hydrogen-bond acceptors (Lipinski definition) is 7. The zero-order valence-electron chi connectivity index (χ0n) is 10.00. The Balaban J connectivity index is 1.80. The summed E-state index contributed by atoms with van der Waals surface area (Å²) in [6.45, 7) is 4.30. The maximum absolute atomic E-state index is 5.48. The van der Waals surface area contributed by atoms with Crippen LogP contribution in [-0.2, 0) is 4.74 Å². The second kappa shape index (κ2) is 5.13. The van der Waals surface area contributed by atoms with Crippen molar-refractivity contribution < 1.29 is 9.26 Å². The van der Waals surface area contributed by atoms with Gasteiger partial charge in [0.05, 0.1) is 29.5 Å². The Bertz CT molecular complexity index is 499. The van der Waals surface area contributed by atoms with Gasteiger partial charge >= 0.3 is 0 Å². The molecule has 6 nitrogen and oxygen atoms in total. The number of nitrogens with zero attached hydrogens (tertiary/aromatic N) is 3. The van der Waals surface area contributed by atoms with Crippen LogP contribution in [0.4, 0.5) is 0 Å². The van der Waals surface area contributed by atoms with E-state index in [0.29, 0.717) is 24.9 Å². The van der Waals surface area contributed by atoms with E-state index in [2.05, 4.69) is 27.4 Å². The molecule has 18 heavy (non-hydrogen) atoms. The van der Waals surface area contributed by atoms with E-state index in [1.807, 2.05) is 0 Å². The molecule has 2 atom stereocenters. The molecule has 0 radical (unpaired) electrons. The van der Waals surface area contributed by atoms with Crippen LogP contribution in [0, 0.1) is 0 Å². The molecule has 0 aliphatic carbocycles. The average Bonchev–Trinajstić information content (AvgIpc) is 3.10. The molecule has 1 aliphatic heterocycles. The Morgan fingerprint density at radius 2 is 2.44 bits per heavy atom. The predicted octanol–water partition coefficient (Wildman–Crippen LogP) is 1.28. The number of likely N-dealkylation sites (N-methyl/N-ethyl adjacent to an activating group) is 1. The summed E-state index contributed by atoms with van der Waals surface area (Å²) in [5.41, 5.74) is 1.76. The summed E-state index contributed by atoms with van der Waals surface area (Å²) < 4.78 is 10.8. The van der Waals surface area contributed by atoms with Crippen molar-refractivity contribution in [2.75, 3.05) is 19.8 Å². The van der Waals surface area contributed by atoms with Gasteiger partial charge in [0, 0.05) is 12.2 Å². The highest BCUT2D eigenvalue weighted by atomic mass is 32.1. The molecule has 7 heteroatoms. The van der Waals surface area contributed by atoms with Gasteiger partial charge in [-0.15, -0.1) is 11.3 Å². The third kappa shape index (κ3) is 2.16. The standard InChI is InChI=1S/C11H14N4O2S/c1-2-13-8-5-16-4-7(8)11-14-10(15-17-11)9-3-12-6-18-9/h3,6-8,13H,2,4-5H2,1H3. The van der Waals surface area contributed by atoms with Crippen molar-refractivity contribution in [2.24, 2.45) is 0 Å². The fourth-order valence-corrected chi connectivity index (χ4v) is 2.62. The summed E-state index contributed by atoms with van der Waals surface area (Å²) in [6.07, 6.45) is 1.74. The smallest absolute Gasteiger partial charge is 0.234 e. The topological polar surface area (TPSA) is 73.1 Å². The highest BCUT2D eigenvalue weighted by Crippen LogP contribution is 2.27. The molecule has 1 N–H and O–H groups in total. The third-order valence-corrected chi connectivity index (χ3v) is 3.73. The normalized spacial score (nSPS) is 23.6. The van der Waals surface area contributed by atoms with E-state index in [1.54, 1.807) is 11.7 Å². The molecular weight excluding hydrogens is 252 g/mol. The number of ether oxygens (including phenoxy) is 1. The molecule has 3 rings (SSSR count). The Hall–Kier alpha value is -1.31. The van der Waals surface area contributed by atoms with E-state index in [4.69, 9.17) is 9.26 Å². The molecular formula is C11H14N4O2S. The van der Waals surface area contributed by atoms with Gasteiger partial charge in [0.2, 0.25) is 11.7 Å². The summed E-state index contributed by atoms with van der Waals surface area (Å²) in [6, 6.07) is 0.254. The molecule has 96 valence electrons. The summed E-state index contributed by atoms with van der Waals surface area (Å²) in [5.74, 6) is 1.38. The molecule has 2 aromatic heterocycles. The minimum Gasteiger partial charge on any atom is -0.379 e. The lowest BCUT2D eigenvalue weighted by Crippen LogP contribution is -2.34. The van der Waals surface area contributed by atoms with Crippen molar-refractivity contribution in [1.82, 2.24) is 20.4 Å². The Kier molecular flexibility index (Phi) is 3.35. The first kappa shape index (κ1) is 11.8. The number of rotatable bonds is 4. The second-order valence-electron chi connectivity index (χ2n) is 4.13. The maximum atomic E-state index is 5.48. The van der Waals surface area contributed by atoms with E-state index in [9.17, 15) is 0 Å². The van der Waals surface area contributed by atoms with Gasteiger partial charge in [-0.05, 0) is 6.54 Å². The Morgan fingerprint density at radius 3 is 3.22 bits per heavy atom. The fourth-order valence-electron chi connectivity index (χ4n) is 2.07. The molecule has 0 bridgehead atoms. The number of thiazole rings is 1. The second-order valence-corrected chi connectivity index (χ2v) is 5.02. The monoisotopic (exact) mass is 266 g/mol. The zero-order chi connectivity index (χ0) is 12.4. The molecule has 1 aliphatic rings. The van der Waals surface area contributed by atoms with E-state index in [1.165, 1.54) is 11.3 Å². The molecule has 0 amide bonds. The van der Waals surface area contributed by atoms with Gasteiger partial charge in [-0.1, -0.05) is 12.1 Å². The van der Waals surface area contributed by atoms with Crippen LogP contribution in [-0.4, -0.2) is 40.9 Å². The minimum absolute atomic E-state index is 0.138. The van der Waals surface area contributed by atoms with Gasteiger partial charge in [-0.25, -0.2) is 0 Å². The first-order valence-corrected chi connectivity index (χ1v) is 6.80. The van der Waals surface area contributed by atoms with Crippen molar-refractivity contribution in [3.8, 4) is 10.7 Å². The van der Waals surface area contributed by atoms with Crippen molar-refractivity contribution in [1.29, 1.82) is 0 Å². The van der Waals surface area contributed by atoms with Crippen molar-refractivity contribution in [2.45, 2.75) is 18.9 Å². The fraction of sp³-hybridized carbons (Fsp3) is 0.545. The van der Waals surface area contributed by atoms with E-state index < -0.39 is 0 Å². The summed E-state index contributed by atoms with van der Waals surface area (Å²) in [5, 5.41) is 7.37. The summed E-state index contributed by atoms with van der Waals surface area (Å²) in [4.78, 5) is 9.37. The lowest BCUT2D eigenvalue weighted by molar-refractivity contribution is 0.185. The lowest BCUT2D eigenvalue weighted by atomic mass is 10.0. The first-order valence-electron chi connectivity index (χ1n) is 5.92. The van der Waals surface area contributed by atoms with Gasteiger partial charge in [0.1, 0.15) is 0 Å². The van der Waals surface area contributed by atoms with Crippen LogP contribution >= 0.6 is 11.3 Å². The average molecular weight is 266 g/mol. The minimum atomic E-state index is 0.138. The first-order chi connectivity index (χ1) is 8.88. The molecule has 0 spiro atoms. The number of nitrogens with one attached hydrogen (secondary N) is 1. The Morgan fingerprint density at radius 1 is 1.50 bits per heavy atom. The van der Waals surface area contributed by atoms with Crippen LogP contribution < -0.4 is 5.32 Å². The van der Waals surface area contributed by atoms with Gasteiger partial charge in [-0.3, -0.25) is 4.98 Å². The van der Waals surface area contributed by atoms with Crippen LogP contribution in [0.1, 0.15) is 18.7 Å². The van der Waals surface area contributed by atoms with Crippen molar-refractivity contribution in [3.05, 3.63) is 17.6 Å². The SMILES string of the molecule is CCNC1COCC1c1nc(-c2cncs2)no1. The molecule has 0 saturated carbocycles. The molecule has 2 aromatic rings. The van der Waals surface area contributed by atoms with Gasteiger partial charge < -0.3 is 14.6 Å². The molecule has 1 fully saturated rings. The predicted molar refractivity (Wildman–Crippen MR) is 66.4 cm³/mol. The summed E-state index contributed by atoms with van der Waals surface area (Å²) in [7, 11) is 0. The van der Waals surface area contributed by atoms with Gasteiger partial charge in [-0.2, -0.15) is 4.98 Å². The van der Waals surface area contributed by atoms with Gasteiger partial charge in [0.25, 0.3) is 0 Å². The van der Waals surface area contributed by atoms with E-state index in [-0.39, 0.29) is 12.0 Å². The third-order valence-electron chi connectivity index (χ3n) is 2.96. The highest BCUT2D eigenvalue weighted by Gasteiger charge is 2.33. The van der Waals surface area contributed by atoms with E-state index in [0.717, 1.165) is 11.4 Å². The van der Waals surface area contributed by atoms with Crippen LogP contribution in [0.2, 0.25) is 0 Å². The molecule has 1 saturated heterocycles. The summed E-state index contributed by atoms with van der Waals surface area (Å²) >= 11 is 1.50. The van der Waals surface area contributed by atoms with Crippen molar-refractivity contribution >= 4 is 11.3 Å². The number of aromatic nitrogens is 3. The van der Waals surface area contributed by atoms with Crippen molar-refractivity contribution in [3.63, 3.8) is 0 Å². The largest absolute Gasteiger partial charge is 0.379 e. The molecule has 2 unspecified atom stereocenters.